The number of halogens is 2. The molecule has 0 bridgehead atoms. The maximum atomic E-state index is 13.7. The highest BCUT2D eigenvalue weighted by Gasteiger charge is 2.17. The van der Waals surface area contributed by atoms with E-state index in [0.717, 1.165) is 11.3 Å². The zero-order valence-electron chi connectivity index (χ0n) is 10.3. The average Bonchev–Trinajstić information content (AvgIpc) is 2.90. The minimum absolute atomic E-state index is 0. The fraction of sp³-hybridized carbons (Fsp3) is 0.0769. The van der Waals surface area contributed by atoms with Gasteiger partial charge in [0.05, 0.1) is 5.69 Å². The quantitative estimate of drug-likeness (QED) is 0.786. The Kier molecular flexibility index (Phi) is 3.78. The molecule has 2 heterocycles. The van der Waals surface area contributed by atoms with Gasteiger partial charge >= 0.3 is 5.97 Å². The van der Waals surface area contributed by atoms with E-state index in [-0.39, 0.29) is 23.1 Å². The number of carboxylic acids is 1. The first-order valence-electron chi connectivity index (χ1n) is 5.54. The van der Waals surface area contributed by atoms with Crippen molar-refractivity contribution in [1.29, 1.82) is 0 Å². The molecule has 0 saturated carbocycles. The number of rotatable bonds is 2. The molecule has 0 aliphatic heterocycles. The van der Waals surface area contributed by atoms with E-state index in [9.17, 15) is 9.18 Å². The van der Waals surface area contributed by atoms with Crippen molar-refractivity contribution in [3.8, 4) is 11.3 Å². The van der Waals surface area contributed by atoms with Crippen molar-refractivity contribution in [3.63, 3.8) is 0 Å². The van der Waals surface area contributed by atoms with Crippen molar-refractivity contribution in [1.82, 2.24) is 9.38 Å². The van der Waals surface area contributed by atoms with E-state index >= 15 is 0 Å². The SMILES string of the molecule is Cc1c(C(=O)O)sc2nc(-c3ccccc3F)cn12.Cl. The van der Waals surface area contributed by atoms with Gasteiger partial charge < -0.3 is 5.11 Å². The minimum Gasteiger partial charge on any atom is -0.477 e. The number of fused-ring (bicyclic) bond motifs is 1. The van der Waals surface area contributed by atoms with Gasteiger partial charge in [0, 0.05) is 17.5 Å². The maximum absolute atomic E-state index is 13.7. The molecular formula is C13H10ClFN2O2S. The summed E-state index contributed by atoms with van der Waals surface area (Å²) in [4.78, 5) is 16.1. The number of aryl methyl sites for hydroxylation is 1. The highest BCUT2D eigenvalue weighted by atomic mass is 35.5. The van der Waals surface area contributed by atoms with Crippen molar-refractivity contribution < 1.29 is 14.3 Å². The summed E-state index contributed by atoms with van der Waals surface area (Å²) in [5, 5.41) is 9.02. The maximum Gasteiger partial charge on any atom is 0.347 e. The molecule has 0 fully saturated rings. The van der Waals surface area contributed by atoms with E-state index in [2.05, 4.69) is 4.98 Å². The van der Waals surface area contributed by atoms with Crippen LogP contribution in [0.1, 0.15) is 15.4 Å². The van der Waals surface area contributed by atoms with E-state index < -0.39 is 5.97 Å². The summed E-state index contributed by atoms with van der Waals surface area (Å²) in [7, 11) is 0. The van der Waals surface area contributed by atoms with Gasteiger partial charge in [0.2, 0.25) is 0 Å². The third kappa shape index (κ3) is 2.17. The van der Waals surface area contributed by atoms with Gasteiger partial charge in [-0.15, -0.1) is 12.4 Å². The van der Waals surface area contributed by atoms with Gasteiger partial charge in [0.1, 0.15) is 10.7 Å². The lowest BCUT2D eigenvalue weighted by Crippen LogP contribution is -1.96. The Labute approximate surface area is 123 Å². The molecule has 2 aromatic heterocycles. The van der Waals surface area contributed by atoms with Crippen LogP contribution in [0.25, 0.3) is 16.2 Å². The Morgan fingerprint density at radius 2 is 2.10 bits per heavy atom. The average molecular weight is 313 g/mol. The third-order valence-corrected chi connectivity index (χ3v) is 4.05. The number of carbonyl (C=O) groups is 1. The Morgan fingerprint density at radius 1 is 1.40 bits per heavy atom. The molecule has 0 aliphatic rings. The molecule has 1 aromatic carbocycles. The first-order valence-corrected chi connectivity index (χ1v) is 6.36. The van der Waals surface area contributed by atoms with Crippen LogP contribution in [-0.4, -0.2) is 20.5 Å². The number of benzene rings is 1. The topological polar surface area (TPSA) is 54.6 Å². The van der Waals surface area contributed by atoms with E-state index in [1.807, 2.05) is 0 Å². The number of aromatic carboxylic acids is 1. The molecule has 0 radical (unpaired) electrons. The number of aromatic nitrogens is 2. The Morgan fingerprint density at radius 3 is 2.70 bits per heavy atom. The zero-order chi connectivity index (χ0) is 13.6. The predicted octanol–water partition coefficient (Wildman–Crippen LogP) is 3.63. The number of nitrogens with zero attached hydrogens (tertiary/aromatic N) is 2. The van der Waals surface area contributed by atoms with E-state index in [4.69, 9.17) is 5.11 Å². The molecule has 0 aliphatic carbocycles. The molecule has 3 aromatic rings. The highest BCUT2D eigenvalue weighted by Crippen LogP contribution is 2.28. The number of carboxylic acid groups (broad SMARTS) is 1. The standard InChI is InChI=1S/C13H9FN2O2S.ClH/c1-7-11(12(17)18)19-13-15-10(6-16(7)13)8-4-2-3-5-9(8)14;/h2-6H,1H3,(H,17,18);1H. The van der Waals surface area contributed by atoms with Crippen LogP contribution in [0.4, 0.5) is 4.39 Å². The van der Waals surface area contributed by atoms with Crippen LogP contribution in [0.5, 0.6) is 0 Å². The Balaban J connectivity index is 0.00000147. The Hall–Kier alpha value is -1.92. The summed E-state index contributed by atoms with van der Waals surface area (Å²) in [6.45, 7) is 1.71. The first-order chi connectivity index (χ1) is 9.08. The van der Waals surface area contributed by atoms with Crippen molar-refractivity contribution in [2.24, 2.45) is 0 Å². The van der Waals surface area contributed by atoms with Crippen LogP contribution in [0.2, 0.25) is 0 Å². The number of thiazole rings is 1. The summed E-state index contributed by atoms with van der Waals surface area (Å²) < 4.78 is 15.4. The second-order valence-electron chi connectivity index (χ2n) is 4.08. The lowest BCUT2D eigenvalue weighted by molar-refractivity contribution is 0.0701. The van der Waals surface area contributed by atoms with Crippen molar-refractivity contribution in [3.05, 3.63) is 46.9 Å². The summed E-state index contributed by atoms with van der Waals surface area (Å²) in [5.41, 5.74) is 1.52. The van der Waals surface area contributed by atoms with Crippen molar-refractivity contribution >= 4 is 34.7 Å². The fourth-order valence-corrected chi connectivity index (χ4v) is 2.90. The highest BCUT2D eigenvalue weighted by molar-refractivity contribution is 7.19. The zero-order valence-corrected chi connectivity index (χ0v) is 12.0. The van der Waals surface area contributed by atoms with Crippen LogP contribution >= 0.6 is 23.7 Å². The van der Waals surface area contributed by atoms with Crippen LogP contribution in [-0.2, 0) is 0 Å². The lowest BCUT2D eigenvalue weighted by atomic mass is 10.1. The van der Waals surface area contributed by atoms with Crippen molar-refractivity contribution in [2.45, 2.75) is 6.92 Å². The van der Waals surface area contributed by atoms with Gasteiger partial charge in [-0.1, -0.05) is 23.5 Å². The molecule has 0 saturated heterocycles. The molecule has 0 unspecified atom stereocenters. The summed E-state index contributed by atoms with van der Waals surface area (Å²) in [6, 6.07) is 6.37. The largest absolute Gasteiger partial charge is 0.477 e. The van der Waals surface area contributed by atoms with E-state index in [1.165, 1.54) is 6.07 Å². The molecule has 0 atom stereocenters. The van der Waals surface area contributed by atoms with E-state index in [1.54, 1.807) is 35.7 Å². The molecule has 3 rings (SSSR count). The Bertz CT molecular complexity index is 797. The van der Waals surface area contributed by atoms with Crippen LogP contribution in [0, 0.1) is 12.7 Å². The van der Waals surface area contributed by atoms with Gasteiger partial charge in [-0.2, -0.15) is 0 Å². The summed E-state index contributed by atoms with van der Waals surface area (Å²) >= 11 is 1.08. The van der Waals surface area contributed by atoms with Gasteiger partial charge in [-0.05, 0) is 19.1 Å². The minimum atomic E-state index is -0.972. The second-order valence-corrected chi connectivity index (χ2v) is 5.06. The normalized spacial score (nSPS) is 10.5. The predicted molar refractivity (Wildman–Crippen MR) is 77.4 cm³/mol. The first kappa shape index (κ1) is 14.5. The molecule has 7 heteroatoms. The second kappa shape index (κ2) is 5.22. The van der Waals surface area contributed by atoms with Gasteiger partial charge in [0.25, 0.3) is 0 Å². The summed E-state index contributed by atoms with van der Waals surface area (Å²) in [6.07, 6.45) is 1.66. The number of hydrogen-bond acceptors (Lipinski definition) is 3. The van der Waals surface area contributed by atoms with Gasteiger partial charge in [-0.25, -0.2) is 14.2 Å². The van der Waals surface area contributed by atoms with Crippen LogP contribution < -0.4 is 0 Å². The molecule has 104 valence electrons. The van der Waals surface area contributed by atoms with Crippen LogP contribution in [0.15, 0.2) is 30.5 Å². The van der Waals surface area contributed by atoms with Crippen LogP contribution in [0.3, 0.4) is 0 Å². The molecule has 0 amide bonds. The molecule has 20 heavy (non-hydrogen) atoms. The van der Waals surface area contributed by atoms with Gasteiger partial charge in [-0.3, -0.25) is 4.40 Å². The van der Waals surface area contributed by atoms with Gasteiger partial charge in [0.15, 0.2) is 4.96 Å². The molecule has 0 spiro atoms. The summed E-state index contributed by atoms with van der Waals surface area (Å²) in [5.74, 6) is -1.31. The third-order valence-electron chi connectivity index (χ3n) is 2.90. The molecular weight excluding hydrogens is 303 g/mol. The monoisotopic (exact) mass is 312 g/mol. The number of hydrogen-bond donors (Lipinski definition) is 1. The van der Waals surface area contributed by atoms with Crippen molar-refractivity contribution in [2.75, 3.05) is 0 Å². The number of imidazole rings is 1. The lowest BCUT2D eigenvalue weighted by Gasteiger charge is -1.97. The molecule has 4 nitrogen and oxygen atoms in total. The fourth-order valence-electron chi connectivity index (χ4n) is 1.95. The smallest absolute Gasteiger partial charge is 0.347 e. The van der Waals surface area contributed by atoms with E-state index in [0.29, 0.717) is 21.9 Å². The molecule has 1 N–H and O–H groups in total.